The van der Waals surface area contributed by atoms with Gasteiger partial charge < -0.3 is 4.74 Å². The Bertz CT molecular complexity index is 433. The van der Waals surface area contributed by atoms with Gasteiger partial charge in [-0.05, 0) is 42.2 Å². The fourth-order valence-corrected chi connectivity index (χ4v) is 3.64. The minimum absolute atomic E-state index is 0.613. The zero-order chi connectivity index (χ0) is 12.8. The largest absolute Gasteiger partial charge is 0.495 e. The summed E-state index contributed by atoms with van der Waals surface area (Å²) in [5, 5.41) is 8.92. The van der Waals surface area contributed by atoms with Crippen LogP contribution in [0.1, 0.15) is 36.8 Å². The molecule has 3 heteroatoms. The summed E-state index contributed by atoms with van der Waals surface area (Å²) in [6, 6.07) is 8.01. The van der Waals surface area contributed by atoms with Crippen LogP contribution in [0.4, 0.5) is 0 Å². The zero-order valence-electron chi connectivity index (χ0n) is 10.8. The van der Waals surface area contributed by atoms with Crippen LogP contribution >= 0.6 is 11.8 Å². The average molecular weight is 261 g/mol. The molecule has 1 aromatic rings. The topological polar surface area (TPSA) is 33.0 Å². The predicted molar refractivity (Wildman–Crippen MR) is 75.8 cm³/mol. The van der Waals surface area contributed by atoms with Gasteiger partial charge in [0.2, 0.25) is 0 Å². The molecule has 0 bridgehead atoms. The van der Waals surface area contributed by atoms with Gasteiger partial charge in [0.05, 0.1) is 12.7 Å². The summed E-state index contributed by atoms with van der Waals surface area (Å²) in [5.41, 5.74) is 1.86. The van der Waals surface area contributed by atoms with Crippen molar-refractivity contribution in [2.45, 2.75) is 31.4 Å². The van der Waals surface area contributed by atoms with E-state index in [-0.39, 0.29) is 0 Å². The summed E-state index contributed by atoms with van der Waals surface area (Å²) in [6.07, 6.45) is 5.64. The molecular weight excluding hydrogens is 242 g/mol. The lowest BCUT2D eigenvalue weighted by molar-refractivity contribution is 0.413. The number of ether oxygens (including phenoxy) is 1. The van der Waals surface area contributed by atoms with Crippen LogP contribution in [0, 0.1) is 17.2 Å². The smallest absolute Gasteiger partial charge is 0.136 e. The van der Waals surface area contributed by atoms with E-state index in [0.29, 0.717) is 11.3 Å². The predicted octanol–water partition coefficient (Wildman–Crippen LogP) is 3.99. The van der Waals surface area contributed by atoms with E-state index in [1.165, 1.54) is 37.0 Å². The minimum Gasteiger partial charge on any atom is -0.495 e. The Morgan fingerprint density at radius 2 is 2.17 bits per heavy atom. The van der Waals surface area contributed by atoms with E-state index in [0.717, 1.165) is 11.7 Å². The van der Waals surface area contributed by atoms with E-state index in [1.807, 2.05) is 30.0 Å². The van der Waals surface area contributed by atoms with Gasteiger partial charge in [-0.25, -0.2) is 0 Å². The molecule has 2 rings (SSSR count). The second kappa shape index (κ2) is 6.70. The maximum absolute atomic E-state index is 8.92. The van der Waals surface area contributed by atoms with E-state index < -0.39 is 0 Å². The molecule has 1 aromatic carbocycles. The molecule has 96 valence electrons. The van der Waals surface area contributed by atoms with Gasteiger partial charge in [0.15, 0.2) is 0 Å². The van der Waals surface area contributed by atoms with E-state index in [2.05, 4.69) is 6.07 Å². The summed E-state index contributed by atoms with van der Waals surface area (Å²) >= 11 is 2.00. The second-order valence-corrected chi connectivity index (χ2v) is 5.84. The van der Waals surface area contributed by atoms with Crippen LogP contribution in [-0.4, -0.2) is 12.9 Å². The fraction of sp³-hybridized carbons (Fsp3) is 0.533. The number of rotatable bonds is 5. The molecule has 2 nitrogen and oxygen atoms in total. The monoisotopic (exact) mass is 261 g/mol. The number of nitrogens with zero attached hydrogens (tertiary/aromatic N) is 1. The van der Waals surface area contributed by atoms with Crippen molar-refractivity contribution in [1.82, 2.24) is 0 Å². The van der Waals surface area contributed by atoms with Gasteiger partial charge in [-0.2, -0.15) is 17.0 Å². The molecule has 0 heterocycles. The van der Waals surface area contributed by atoms with Gasteiger partial charge in [0, 0.05) is 5.75 Å². The molecule has 0 spiro atoms. The van der Waals surface area contributed by atoms with Crippen molar-refractivity contribution in [2.24, 2.45) is 5.92 Å². The highest BCUT2D eigenvalue weighted by molar-refractivity contribution is 7.98. The van der Waals surface area contributed by atoms with E-state index in [4.69, 9.17) is 10.00 Å². The van der Waals surface area contributed by atoms with Gasteiger partial charge in [0.25, 0.3) is 0 Å². The Morgan fingerprint density at radius 3 is 2.83 bits per heavy atom. The Kier molecular flexibility index (Phi) is 4.95. The Hall–Kier alpha value is -1.14. The van der Waals surface area contributed by atoms with Crippen LogP contribution in [0.15, 0.2) is 18.2 Å². The van der Waals surface area contributed by atoms with Gasteiger partial charge in [-0.3, -0.25) is 0 Å². The highest BCUT2D eigenvalue weighted by atomic mass is 32.2. The molecule has 0 amide bonds. The number of thioether (sulfide) groups is 1. The molecule has 0 aliphatic heterocycles. The van der Waals surface area contributed by atoms with Crippen LogP contribution in [0.2, 0.25) is 0 Å². The summed E-state index contributed by atoms with van der Waals surface area (Å²) in [5.74, 6) is 3.90. The third-order valence-electron chi connectivity index (χ3n) is 3.48. The molecule has 1 aliphatic carbocycles. The number of hydrogen-bond donors (Lipinski definition) is 0. The first kappa shape index (κ1) is 13.3. The van der Waals surface area contributed by atoms with E-state index in [9.17, 15) is 0 Å². The Balaban J connectivity index is 1.87. The van der Waals surface area contributed by atoms with Crippen molar-refractivity contribution < 1.29 is 4.74 Å². The van der Waals surface area contributed by atoms with Crippen molar-refractivity contribution in [3.63, 3.8) is 0 Å². The summed E-state index contributed by atoms with van der Waals surface area (Å²) < 4.78 is 5.22. The minimum atomic E-state index is 0.613. The molecule has 1 fully saturated rings. The summed E-state index contributed by atoms with van der Waals surface area (Å²) in [6.45, 7) is 0. The number of nitriles is 1. The van der Waals surface area contributed by atoms with Crippen LogP contribution in [0.3, 0.4) is 0 Å². The lowest BCUT2D eigenvalue weighted by Crippen LogP contribution is -1.97. The Morgan fingerprint density at radius 1 is 1.39 bits per heavy atom. The lowest BCUT2D eigenvalue weighted by atomic mass is 10.1. The fourth-order valence-electron chi connectivity index (χ4n) is 2.44. The number of benzene rings is 1. The SMILES string of the molecule is COc1cc(CSCC2CCCC2)ccc1C#N. The standard InChI is InChI=1S/C15H19NOS/c1-17-15-8-13(6-7-14(15)9-16)11-18-10-12-4-2-3-5-12/h6-8,12H,2-5,10-11H2,1H3. The third kappa shape index (κ3) is 3.43. The van der Waals surface area contributed by atoms with Crippen LogP contribution in [0.5, 0.6) is 5.75 Å². The lowest BCUT2D eigenvalue weighted by Gasteiger charge is -2.09. The maximum atomic E-state index is 8.92. The number of methoxy groups -OCH3 is 1. The molecule has 0 radical (unpaired) electrons. The first-order valence-electron chi connectivity index (χ1n) is 6.48. The molecule has 0 unspecified atom stereocenters. The highest BCUT2D eigenvalue weighted by Crippen LogP contribution is 2.29. The van der Waals surface area contributed by atoms with E-state index >= 15 is 0 Å². The van der Waals surface area contributed by atoms with Gasteiger partial charge >= 0.3 is 0 Å². The number of hydrogen-bond acceptors (Lipinski definition) is 3. The molecule has 0 saturated heterocycles. The molecule has 0 atom stereocenters. The van der Waals surface area contributed by atoms with Crippen molar-refractivity contribution in [3.05, 3.63) is 29.3 Å². The molecule has 1 aliphatic rings. The average Bonchev–Trinajstić information content (AvgIpc) is 2.91. The normalized spacial score (nSPS) is 15.6. The summed E-state index contributed by atoms with van der Waals surface area (Å²) in [7, 11) is 1.62. The van der Waals surface area contributed by atoms with Gasteiger partial charge in [-0.15, -0.1) is 0 Å². The quantitative estimate of drug-likeness (QED) is 0.803. The van der Waals surface area contributed by atoms with Gasteiger partial charge in [-0.1, -0.05) is 18.9 Å². The zero-order valence-corrected chi connectivity index (χ0v) is 11.6. The van der Waals surface area contributed by atoms with Crippen LogP contribution < -0.4 is 4.74 Å². The van der Waals surface area contributed by atoms with E-state index in [1.54, 1.807) is 7.11 Å². The van der Waals surface area contributed by atoms with Crippen molar-refractivity contribution >= 4 is 11.8 Å². The first-order chi connectivity index (χ1) is 8.83. The Labute approximate surface area is 113 Å². The van der Waals surface area contributed by atoms with Gasteiger partial charge in [0.1, 0.15) is 11.8 Å². The second-order valence-electron chi connectivity index (χ2n) is 4.81. The van der Waals surface area contributed by atoms with Crippen molar-refractivity contribution in [3.8, 4) is 11.8 Å². The van der Waals surface area contributed by atoms with Crippen molar-refractivity contribution in [1.29, 1.82) is 5.26 Å². The van der Waals surface area contributed by atoms with Crippen LogP contribution in [0.25, 0.3) is 0 Å². The third-order valence-corrected chi connectivity index (χ3v) is 4.73. The highest BCUT2D eigenvalue weighted by Gasteiger charge is 2.14. The molecular formula is C15H19NOS. The summed E-state index contributed by atoms with van der Waals surface area (Å²) in [4.78, 5) is 0. The molecule has 0 N–H and O–H groups in total. The van der Waals surface area contributed by atoms with Crippen LogP contribution in [-0.2, 0) is 5.75 Å². The first-order valence-corrected chi connectivity index (χ1v) is 7.63. The molecule has 0 aromatic heterocycles. The molecule has 1 saturated carbocycles. The van der Waals surface area contributed by atoms with Crippen molar-refractivity contribution in [2.75, 3.05) is 12.9 Å². The maximum Gasteiger partial charge on any atom is 0.136 e. The molecule has 18 heavy (non-hydrogen) atoms.